The van der Waals surface area contributed by atoms with E-state index in [1.807, 2.05) is 6.92 Å². The zero-order chi connectivity index (χ0) is 16.6. The van der Waals surface area contributed by atoms with Crippen LogP contribution in [0.25, 0.3) is 0 Å². The lowest BCUT2D eigenvalue weighted by molar-refractivity contribution is -0.146. The first kappa shape index (κ1) is 16.7. The van der Waals surface area contributed by atoms with Gasteiger partial charge in [-0.25, -0.2) is 0 Å². The molecule has 0 aromatic rings. The molecule has 0 aromatic heterocycles. The van der Waals surface area contributed by atoms with E-state index in [4.69, 9.17) is 0 Å². The fourth-order valence-corrected chi connectivity index (χ4v) is 3.68. The highest BCUT2D eigenvalue weighted by molar-refractivity contribution is 5.83. The smallest absolute Gasteiger partial charge is 0.251 e. The van der Waals surface area contributed by atoms with Crippen molar-refractivity contribution in [2.45, 2.75) is 50.9 Å². The molecule has 1 unspecified atom stereocenters. The Balaban J connectivity index is 1.47. The summed E-state index contributed by atoms with van der Waals surface area (Å²) < 4.78 is 0. The number of aliphatic hydroxyl groups is 2. The number of rotatable bonds is 4. The molecule has 0 radical (unpaired) electrons. The number of aliphatic hydroxyl groups excluding tert-OH is 2. The molecule has 23 heavy (non-hydrogen) atoms. The summed E-state index contributed by atoms with van der Waals surface area (Å²) in [6.45, 7) is 4.47. The molecule has 3 N–H and O–H groups in total. The van der Waals surface area contributed by atoms with Gasteiger partial charge < -0.3 is 25.3 Å². The Hall–Kier alpha value is -1.18. The molecule has 130 valence electrons. The van der Waals surface area contributed by atoms with Gasteiger partial charge in [0, 0.05) is 32.7 Å². The second-order valence-electron chi connectivity index (χ2n) is 7.22. The lowest BCUT2D eigenvalue weighted by Gasteiger charge is -2.37. The number of piperazine rings is 1. The van der Waals surface area contributed by atoms with Gasteiger partial charge in [0.1, 0.15) is 6.10 Å². The van der Waals surface area contributed by atoms with Gasteiger partial charge in [0.05, 0.1) is 12.1 Å². The molecule has 1 spiro atoms. The second-order valence-corrected chi connectivity index (χ2v) is 7.22. The van der Waals surface area contributed by atoms with Crippen molar-refractivity contribution in [3.05, 3.63) is 0 Å². The van der Waals surface area contributed by atoms with E-state index in [2.05, 4.69) is 5.32 Å². The van der Waals surface area contributed by atoms with Gasteiger partial charge in [-0.15, -0.1) is 0 Å². The summed E-state index contributed by atoms with van der Waals surface area (Å²) in [6, 6.07) is -0.205. The van der Waals surface area contributed by atoms with Gasteiger partial charge in [-0.2, -0.15) is 0 Å². The van der Waals surface area contributed by atoms with Crippen LogP contribution < -0.4 is 5.32 Å². The summed E-state index contributed by atoms with van der Waals surface area (Å²) >= 11 is 0. The molecule has 0 aromatic carbocycles. The summed E-state index contributed by atoms with van der Waals surface area (Å²) in [7, 11) is 0. The predicted molar refractivity (Wildman–Crippen MR) is 83.5 cm³/mol. The molecule has 2 aliphatic heterocycles. The van der Waals surface area contributed by atoms with Gasteiger partial charge >= 0.3 is 0 Å². The largest absolute Gasteiger partial charge is 0.391 e. The number of nitrogens with one attached hydrogen (secondary N) is 1. The van der Waals surface area contributed by atoms with Crippen LogP contribution in [0.15, 0.2) is 0 Å². The molecular formula is C16H27N3O4. The fraction of sp³-hybridized carbons (Fsp3) is 0.875. The molecule has 2 heterocycles. The zero-order valence-corrected chi connectivity index (χ0v) is 13.7. The Bertz CT molecular complexity index is 480. The number of hydrogen-bond donors (Lipinski definition) is 3. The van der Waals surface area contributed by atoms with Crippen molar-refractivity contribution in [3.8, 4) is 0 Å². The Morgan fingerprint density at radius 3 is 2.78 bits per heavy atom. The van der Waals surface area contributed by atoms with E-state index in [0.717, 1.165) is 25.8 Å². The van der Waals surface area contributed by atoms with Gasteiger partial charge in [-0.1, -0.05) is 0 Å². The van der Waals surface area contributed by atoms with Crippen LogP contribution in [-0.2, 0) is 9.59 Å². The fourth-order valence-electron chi connectivity index (χ4n) is 3.68. The van der Waals surface area contributed by atoms with Crippen LogP contribution >= 0.6 is 0 Å². The highest BCUT2D eigenvalue weighted by atomic mass is 16.3. The van der Waals surface area contributed by atoms with Gasteiger partial charge in [0.25, 0.3) is 5.91 Å². The van der Waals surface area contributed by atoms with Crippen LogP contribution in [0.4, 0.5) is 0 Å². The standard InChI is InChI=1S/C16H27N3O4/c1-11-14(22)18(9-6-17-11)7-2-12(20)15(23)19-8-5-16(3-4-16)13(21)10-19/h11-13,17,20-21H,2-10H2,1H3/t11-,12?,13+/m0/s1. The summed E-state index contributed by atoms with van der Waals surface area (Å²) in [5.74, 6) is -0.310. The van der Waals surface area contributed by atoms with Crippen molar-refractivity contribution in [2.75, 3.05) is 32.7 Å². The lowest BCUT2D eigenvalue weighted by Crippen LogP contribution is -2.55. The molecule has 7 nitrogen and oxygen atoms in total. The van der Waals surface area contributed by atoms with Crippen molar-refractivity contribution >= 4 is 11.8 Å². The minimum Gasteiger partial charge on any atom is -0.391 e. The van der Waals surface area contributed by atoms with Gasteiger partial charge in [-0.05, 0) is 38.0 Å². The van der Waals surface area contributed by atoms with E-state index >= 15 is 0 Å². The van der Waals surface area contributed by atoms with Gasteiger partial charge in [0.15, 0.2) is 0 Å². The number of piperidine rings is 1. The SMILES string of the molecule is C[C@@H]1NCCN(CCC(O)C(=O)N2CCC3(CC3)[C@H](O)C2)C1=O. The summed E-state index contributed by atoms with van der Waals surface area (Å²) in [5, 5.41) is 23.4. The number of likely N-dealkylation sites (tertiary alicyclic amines) is 1. The zero-order valence-electron chi connectivity index (χ0n) is 13.7. The quantitative estimate of drug-likeness (QED) is 0.612. The number of β-amino-alcohol motifs (C(OH)–C–C–N with tert-alkyl or cyclic N) is 1. The second kappa shape index (κ2) is 6.37. The number of nitrogens with zero attached hydrogens (tertiary/aromatic N) is 2. The third-order valence-corrected chi connectivity index (χ3v) is 5.66. The monoisotopic (exact) mass is 325 g/mol. The molecule has 3 atom stereocenters. The first-order chi connectivity index (χ1) is 10.9. The van der Waals surface area contributed by atoms with E-state index in [1.54, 1.807) is 9.80 Å². The number of carbonyl (C=O) groups is 2. The number of carbonyl (C=O) groups excluding carboxylic acids is 2. The van der Waals surface area contributed by atoms with Crippen LogP contribution in [0.5, 0.6) is 0 Å². The van der Waals surface area contributed by atoms with E-state index in [-0.39, 0.29) is 29.7 Å². The Morgan fingerprint density at radius 1 is 1.39 bits per heavy atom. The van der Waals surface area contributed by atoms with Crippen LogP contribution in [0.3, 0.4) is 0 Å². The third kappa shape index (κ3) is 3.36. The van der Waals surface area contributed by atoms with Crippen molar-refractivity contribution in [3.63, 3.8) is 0 Å². The molecule has 1 saturated carbocycles. The van der Waals surface area contributed by atoms with Gasteiger partial charge in [-0.3, -0.25) is 9.59 Å². The molecule has 2 amide bonds. The third-order valence-electron chi connectivity index (χ3n) is 5.66. The van der Waals surface area contributed by atoms with Crippen LogP contribution in [-0.4, -0.2) is 82.8 Å². The number of amides is 2. The van der Waals surface area contributed by atoms with E-state index in [0.29, 0.717) is 26.2 Å². The summed E-state index contributed by atoms with van der Waals surface area (Å²) in [6.07, 6.45) is 1.58. The average Bonchev–Trinajstić information content (AvgIpc) is 3.31. The highest BCUT2D eigenvalue weighted by Crippen LogP contribution is 2.53. The lowest BCUT2D eigenvalue weighted by atomic mass is 9.90. The maximum absolute atomic E-state index is 12.3. The maximum atomic E-state index is 12.3. The molecule has 3 fully saturated rings. The first-order valence-electron chi connectivity index (χ1n) is 8.60. The molecular weight excluding hydrogens is 298 g/mol. The minimum atomic E-state index is -1.10. The normalized spacial score (nSPS) is 31.3. The van der Waals surface area contributed by atoms with Gasteiger partial charge in [0.2, 0.25) is 5.91 Å². The van der Waals surface area contributed by atoms with Crippen LogP contribution in [0.2, 0.25) is 0 Å². The Kier molecular flexibility index (Phi) is 4.62. The Labute approximate surface area is 136 Å². The summed E-state index contributed by atoms with van der Waals surface area (Å²) in [5.41, 5.74) is 0.0467. The maximum Gasteiger partial charge on any atom is 0.251 e. The first-order valence-corrected chi connectivity index (χ1v) is 8.60. The van der Waals surface area contributed by atoms with Crippen molar-refractivity contribution in [1.29, 1.82) is 0 Å². The predicted octanol–water partition coefficient (Wildman–Crippen LogP) is -1.07. The molecule has 1 aliphatic carbocycles. The van der Waals surface area contributed by atoms with Crippen LogP contribution in [0.1, 0.15) is 32.6 Å². The van der Waals surface area contributed by atoms with E-state index < -0.39 is 12.2 Å². The molecule has 0 bridgehead atoms. The topological polar surface area (TPSA) is 93.1 Å². The molecule has 3 rings (SSSR count). The average molecular weight is 325 g/mol. The molecule has 2 saturated heterocycles. The van der Waals surface area contributed by atoms with E-state index in [1.165, 1.54) is 0 Å². The van der Waals surface area contributed by atoms with Crippen molar-refractivity contribution in [1.82, 2.24) is 15.1 Å². The minimum absolute atomic E-state index is 0.0139. The Morgan fingerprint density at radius 2 is 2.13 bits per heavy atom. The summed E-state index contributed by atoms with van der Waals surface area (Å²) in [4.78, 5) is 27.6. The van der Waals surface area contributed by atoms with Crippen molar-refractivity contribution < 1.29 is 19.8 Å². The van der Waals surface area contributed by atoms with Crippen LogP contribution in [0, 0.1) is 5.41 Å². The van der Waals surface area contributed by atoms with E-state index in [9.17, 15) is 19.8 Å². The molecule has 7 heteroatoms. The number of hydrogen-bond acceptors (Lipinski definition) is 5. The van der Waals surface area contributed by atoms with Crippen molar-refractivity contribution in [2.24, 2.45) is 5.41 Å². The highest BCUT2D eigenvalue weighted by Gasteiger charge is 2.52. The molecule has 3 aliphatic rings.